The van der Waals surface area contributed by atoms with E-state index in [-0.39, 0.29) is 5.54 Å². The number of rotatable bonds is 6. The zero-order chi connectivity index (χ0) is 13.0. The van der Waals surface area contributed by atoms with E-state index in [1.165, 1.54) is 38.8 Å². The number of hydrogen-bond donors (Lipinski definition) is 1. The van der Waals surface area contributed by atoms with Crippen molar-refractivity contribution in [3.8, 4) is 0 Å². The molecule has 2 aliphatic heterocycles. The molecular formula is C14H29N3O. The maximum absolute atomic E-state index is 6.17. The van der Waals surface area contributed by atoms with Gasteiger partial charge >= 0.3 is 0 Å². The Morgan fingerprint density at radius 2 is 2.28 bits per heavy atom. The minimum absolute atomic E-state index is 0.221. The maximum atomic E-state index is 6.17. The van der Waals surface area contributed by atoms with Crippen molar-refractivity contribution in [2.75, 3.05) is 46.4 Å². The molecule has 2 unspecified atom stereocenters. The van der Waals surface area contributed by atoms with E-state index in [9.17, 15) is 0 Å². The van der Waals surface area contributed by atoms with Crippen molar-refractivity contribution in [3.05, 3.63) is 0 Å². The number of nitrogens with zero attached hydrogens (tertiary/aromatic N) is 2. The molecule has 2 heterocycles. The van der Waals surface area contributed by atoms with E-state index in [4.69, 9.17) is 10.5 Å². The van der Waals surface area contributed by atoms with Crippen molar-refractivity contribution >= 4 is 0 Å². The molecule has 0 aromatic carbocycles. The highest BCUT2D eigenvalue weighted by atomic mass is 16.5. The van der Waals surface area contributed by atoms with Gasteiger partial charge in [-0.1, -0.05) is 6.92 Å². The second kappa shape index (κ2) is 6.33. The summed E-state index contributed by atoms with van der Waals surface area (Å²) < 4.78 is 5.25. The Morgan fingerprint density at radius 1 is 1.44 bits per heavy atom. The molecule has 2 fully saturated rings. The highest BCUT2D eigenvalue weighted by Gasteiger charge is 2.43. The van der Waals surface area contributed by atoms with Crippen molar-refractivity contribution in [1.29, 1.82) is 0 Å². The van der Waals surface area contributed by atoms with E-state index in [0.29, 0.717) is 0 Å². The second-order valence-electron chi connectivity index (χ2n) is 5.79. The van der Waals surface area contributed by atoms with Crippen LogP contribution in [0.1, 0.15) is 32.6 Å². The van der Waals surface area contributed by atoms with E-state index < -0.39 is 0 Å². The van der Waals surface area contributed by atoms with Gasteiger partial charge in [0.2, 0.25) is 0 Å². The fraction of sp³-hybridized carbons (Fsp3) is 1.00. The van der Waals surface area contributed by atoms with Gasteiger partial charge < -0.3 is 15.4 Å². The molecule has 0 spiro atoms. The first-order chi connectivity index (χ1) is 8.75. The summed E-state index contributed by atoms with van der Waals surface area (Å²) in [6.07, 6.45) is 5.21. The van der Waals surface area contributed by atoms with E-state index in [1.54, 1.807) is 7.11 Å². The highest BCUT2D eigenvalue weighted by Crippen LogP contribution is 2.36. The third-order valence-corrected chi connectivity index (χ3v) is 4.98. The SMILES string of the molecule is CCN(CCOC)C1(CN)CCN2CCCC2C1. The van der Waals surface area contributed by atoms with Crippen molar-refractivity contribution in [2.24, 2.45) is 5.73 Å². The van der Waals surface area contributed by atoms with Gasteiger partial charge in [0, 0.05) is 38.3 Å². The topological polar surface area (TPSA) is 41.7 Å². The summed E-state index contributed by atoms with van der Waals surface area (Å²) in [5, 5.41) is 0. The van der Waals surface area contributed by atoms with Gasteiger partial charge in [0.25, 0.3) is 0 Å². The van der Waals surface area contributed by atoms with Crippen LogP contribution < -0.4 is 5.73 Å². The lowest BCUT2D eigenvalue weighted by atomic mass is 9.81. The first-order valence-corrected chi connectivity index (χ1v) is 7.44. The first kappa shape index (κ1) is 14.3. The quantitative estimate of drug-likeness (QED) is 0.766. The van der Waals surface area contributed by atoms with Crippen LogP contribution in [-0.2, 0) is 4.74 Å². The molecule has 0 saturated carbocycles. The number of hydrogen-bond acceptors (Lipinski definition) is 4. The van der Waals surface area contributed by atoms with Crippen LogP contribution in [-0.4, -0.2) is 67.8 Å². The number of methoxy groups -OCH3 is 1. The molecule has 18 heavy (non-hydrogen) atoms. The minimum atomic E-state index is 0.221. The van der Waals surface area contributed by atoms with Crippen LogP contribution in [0.5, 0.6) is 0 Å². The number of likely N-dealkylation sites (N-methyl/N-ethyl adjacent to an activating group) is 1. The Hall–Kier alpha value is -0.160. The number of nitrogens with two attached hydrogens (primary N) is 1. The van der Waals surface area contributed by atoms with Gasteiger partial charge in [-0.2, -0.15) is 0 Å². The molecule has 2 saturated heterocycles. The molecule has 0 aromatic heterocycles. The molecule has 2 rings (SSSR count). The lowest BCUT2D eigenvalue weighted by Gasteiger charge is -2.50. The molecule has 4 heteroatoms. The van der Waals surface area contributed by atoms with Gasteiger partial charge in [-0.15, -0.1) is 0 Å². The lowest BCUT2D eigenvalue weighted by Crippen LogP contribution is -2.61. The Labute approximate surface area is 111 Å². The average molecular weight is 255 g/mol. The largest absolute Gasteiger partial charge is 0.383 e. The fourth-order valence-corrected chi connectivity index (χ4v) is 3.85. The third-order valence-electron chi connectivity index (χ3n) is 4.98. The molecule has 0 bridgehead atoms. The summed E-state index contributed by atoms with van der Waals surface area (Å²) in [6.45, 7) is 8.46. The van der Waals surface area contributed by atoms with Gasteiger partial charge in [-0.25, -0.2) is 0 Å². The van der Waals surface area contributed by atoms with Gasteiger partial charge in [0.1, 0.15) is 0 Å². The summed E-state index contributed by atoms with van der Waals surface area (Å²) in [6, 6.07) is 0.777. The monoisotopic (exact) mass is 255 g/mol. The molecule has 2 aliphatic rings. The third kappa shape index (κ3) is 2.72. The van der Waals surface area contributed by atoms with Crippen LogP contribution in [0.2, 0.25) is 0 Å². The average Bonchev–Trinajstić information content (AvgIpc) is 2.86. The van der Waals surface area contributed by atoms with Gasteiger partial charge in [-0.3, -0.25) is 4.90 Å². The maximum Gasteiger partial charge on any atom is 0.0589 e. The van der Waals surface area contributed by atoms with Crippen LogP contribution in [0.15, 0.2) is 0 Å². The summed E-state index contributed by atoms with van der Waals surface area (Å²) in [7, 11) is 1.78. The second-order valence-corrected chi connectivity index (χ2v) is 5.79. The molecule has 0 aliphatic carbocycles. The van der Waals surface area contributed by atoms with Crippen LogP contribution in [0.25, 0.3) is 0 Å². The van der Waals surface area contributed by atoms with E-state index >= 15 is 0 Å². The predicted octanol–water partition coefficient (Wildman–Crippen LogP) is 0.910. The number of fused-ring (bicyclic) bond motifs is 1. The van der Waals surface area contributed by atoms with Crippen LogP contribution in [0.4, 0.5) is 0 Å². The highest BCUT2D eigenvalue weighted by molar-refractivity contribution is 5.01. The van der Waals surface area contributed by atoms with Crippen LogP contribution in [0.3, 0.4) is 0 Å². The number of ether oxygens (including phenoxy) is 1. The summed E-state index contributed by atoms with van der Waals surface area (Å²) in [5.74, 6) is 0. The van der Waals surface area contributed by atoms with Gasteiger partial charge in [0.05, 0.1) is 6.61 Å². The van der Waals surface area contributed by atoms with E-state index in [1.807, 2.05) is 0 Å². The zero-order valence-electron chi connectivity index (χ0n) is 12.0. The minimum Gasteiger partial charge on any atom is -0.383 e. The molecule has 0 aromatic rings. The number of piperidine rings is 1. The standard InChI is InChI=1S/C14H29N3O/c1-3-17(9-10-18-2)14(12-15)6-8-16-7-4-5-13(16)11-14/h13H,3-12,15H2,1-2H3. The molecule has 0 amide bonds. The van der Waals surface area contributed by atoms with Gasteiger partial charge in [0.15, 0.2) is 0 Å². The predicted molar refractivity (Wildman–Crippen MR) is 74.7 cm³/mol. The van der Waals surface area contributed by atoms with Crippen molar-refractivity contribution in [3.63, 3.8) is 0 Å². The van der Waals surface area contributed by atoms with Crippen molar-refractivity contribution in [1.82, 2.24) is 9.80 Å². The van der Waals surface area contributed by atoms with E-state index in [2.05, 4.69) is 16.7 Å². The summed E-state index contributed by atoms with van der Waals surface area (Å²) in [5.41, 5.74) is 6.39. The molecular weight excluding hydrogens is 226 g/mol. The zero-order valence-corrected chi connectivity index (χ0v) is 12.0. The Bertz CT molecular complexity index is 261. The molecule has 2 N–H and O–H groups in total. The normalized spacial score (nSPS) is 33.0. The Balaban J connectivity index is 2.04. The van der Waals surface area contributed by atoms with Crippen molar-refractivity contribution < 1.29 is 4.74 Å². The van der Waals surface area contributed by atoms with Crippen molar-refractivity contribution in [2.45, 2.75) is 44.2 Å². The lowest BCUT2D eigenvalue weighted by molar-refractivity contribution is 0.000389. The van der Waals surface area contributed by atoms with Crippen LogP contribution >= 0.6 is 0 Å². The van der Waals surface area contributed by atoms with Gasteiger partial charge in [-0.05, 0) is 38.8 Å². The smallest absolute Gasteiger partial charge is 0.0589 e. The Kier molecular flexibility index (Phi) is 5.01. The summed E-state index contributed by atoms with van der Waals surface area (Å²) >= 11 is 0. The Morgan fingerprint density at radius 3 is 2.94 bits per heavy atom. The molecule has 4 nitrogen and oxygen atoms in total. The molecule has 106 valence electrons. The first-order valence-electron chi connectivity index (χ1n) is 7.44. The van der Waals surface area contributed by atoms with E-state index in [0.717, 1.165) is 32.3 Å². The molecule has 2 atom stereocenters. The van der Waals surface area contributed by atoms with Crippen LogP contribution in [0, 0.1) is 0 Å². The fourth-order valence-electron chi connectivity index (χ4n) is 3.85. The summed E-state index contributed by atoms with van der Waals surface area (Å²) in [4.78, 5) is 5.23. The molecule has 0 radical (unpaired) electrons.